The van der Waals surface area contributed by atoms with E-state index in [1.807, 2.05) is 0 Å². The topological polar surface area (TPSA) is 71.1 Å². The van der Waals surface area contributed by atoms with Crippen LogP contribution < -0.4 is 0 Å². The van der Waals surface area contributed by atoms with E-state index < -0.39 is 11.9 Å². The lowest BCUT2D eigenvalue weighted by Crippen LogP contribution is -2.34. The number of carbonyl (C=O) groups excluding carboxylic acids is 2. The van der Waals surface area contributed by atoms with E-state index in [9.17, 15) is 9.59 Å². The summed E-state index contributed by atoms with van der Waals surface area (Å²) in [5, 5.41) is 0. The minimum absolute atomic E-state index is 0.00590. The predicted octanol–water partition coefficient (Wildman–Crippen LogP) is 7.60. The molecule has 0 unspecified atom stereocenters. The van der Waals surface area contributed by atoms with Crippen LogP contribution in [0.15, 0.2) is 48.8 Å². The third-order valence-corrected chi connectivity index (χ3v) is 5.85. The first-order valence-corrected chi connectivity index (χ1v) is 13.1. The van der Waals surface area contributed by atoms with Gasteiger partial charge in [0.1, 0.15) is 6.61 Å². The molecule has 0 aliphatic heterocycles. The highest BCUT2D eigenvalue weighted by Crippen LogP contribution is 2.33. The molecule has 0 aliphatic rings. The van der Waals surface area contributed by atoms with Crippen LogP contribution in [0.2, 0.25) is 0 Å². The third-order valence-electron chi connectivity index (χ3n) is 5.85. The first-order valence-electron chi connectivity index (χ1n) is 13.1. The minimum Gasteiger partial charge on any atom is -0.473 e. The Morgan fingerprint density at radius 1 is 0.667 bits per heavy atom. The number of ether oxygens (including phenoxy) is 4. The second-order valence-electron chi connectivity index (χ2n) is 10.2. The number of unbranched alkanes of at least 4 members (excludes halogenated alkanes) is 4. The maximum atomic E-state index is 12.4. The highest BCUT2D eigenvalue weighted by molar-refractivity contribution is 5.87. The van der Waals surface area contributed by atoms with E-state index >= 15 is 0 Å². The molecule has 0 aromatic rings. The Bertz CT molecular complexity index is 697. The fraction of sp³-hybridized carbons (Fsp3) is 0.667. The fourth-order valence-corrected chi connectivity index (χ4v) is 3.72. The van der Waals surface area contributed by atoms with Crippen LogP contribution in [0.1, 0.15) is 98.3 Å². The average molecular weight is 507 g/mol. The van der Waals surface area contributed by atoms with Gasteiger partial charge in [-0.05, 0) is 66.2 Å². The van der Waals surface area contributed by atoms with E-state index in [0.717, 1.165) is 64.2 Å². The molecule has 0 radical (unpaired) electrons. The van der Waals surface area contributed by atoms with Crippen molar-refractivity contribution in [3.63, 3.8) is 0 Å². The summed E-state index contributed by atoms with van der Waals surface area (Å²) in [5.41, 5.74) is 2.38. The molecule has 0 N–H and O–H groups in total. The lowest BCUT2D eigenvalue weighted by Gasteiger charge is -2.33. The van der Waals surface area contributed by atoms with Crippen LogP contribution in [0.3, 0.4) is 0 Å². The fourth-order valence-electron chi connectivity index (χ4n) is 3.72. The smallest absolute Gasteiger partial charge is 0.333 e. The molecule has 0 rings (SSSR count). The predicted molar refractivity (Wildman–Crippen MR) is 146 cm³/mol. The van der Waals surface area contributed by atoms with Crippen molar-refractivity contribution in [3.05, 3.63) is 48.8 Å². The Labute approximate surface area is 219 Å². The van der Waals surface area contributed by atoms with Crippen molar-refractivity contribution >= 4 is 11.9 Å². The standard InChI is InChI=1S/C30H50O6/c1-24(2)15-11-9-13-18-30(21-33-23-36-27(7)8,19-14-10-12-16-25(3)4)22-35-28(31)17-20-34-29(32)26(5)6/h1,3,5,7,9-23H2,2,4,6,8H3. The largest absolute Gasteiger partial charge is 0.473 e. The molecule has 0 aromatic heterocycles. The highest BCUT2D eigenvalue weighted by atomic mass is 16.7. The van der Waals surface area contributed by atoms with Crippen molar-refractivity contribution in [2.24, 2.45) is 5.41 Å². The van der Waals surface area contributed by atoms with Crippen LogP contribution in [-0.2, 0) is 28.5 Å². The van der Waals surface area contributed by atoms with Gasteiger partial charge in [-0.1, -0.05) is 50.0 Å². The monoisotopic (exact) mass is 506 g/mol. The molecule has 0 aliphatic carbocycles. The molecule has 0 aromatic carbocycles. The average Bonchev–Trinajstić information content (AvgIpc) is 2.79. The van der Waals surface area contributed by atoms with Gasteiger partial charge in [0, 0.05) is 11.0 Å². The minimum atomic E-state index is -0.507. The zero-order valence-corrected chi connectivity index (χ0v) is 23.4. The second-order valence-corrected chi connectivity index (χ2v) is 10.2. The van der Waals surface area contributed by atoms with Gasteiger partial charge in [0.25, 0.3) is 0 Å². The number of hydrogen-bond acceptors (Lipinski definition) is 6. The van der Waals surface area contributed by atoms with Crippen molar-refractivity contribution < 1.29 is 28.5 Å². The van der Waals surface area contributed by atoms with Gasteiger partial charge in [-0.15, -0.1) is 13.2 Å². The summed E-state index contributed by atoms with van der Waals surface area (Å²) in [6, 6.07) is 0. The molecule has 0 amide bonds. The van der Waals surface area contributed by atoms with E-state index in [-0.39, 0.29) is 31.8 Å². The lowest BCUT2D eigenvalue weighted by molar-refractivity contribution is -0.153. The zero-order chi connectivity index (χ0) is 27.4. The van der Waals surface area contributed by atoms with Crippen molar-refractivity contribution in [2.45, 2.75) is 98.3 Å². The van der Waals surface area contributed by atoms with Gasteiger partial charge in [0.2, 0.25) is 0 Å². The number of carbonyl (C=O) groups is 2. The quantitative estimate of drug-likeness (QED) is 0.0355. The van der Waals surface area contributed by atoms with Gasteiger partial charge >= 0.3 is 11.9 Å². The number of esters is 2. The summed E-state index contributed by atoms with van der Waals surface area (Å²) < 4.78 is 22.0. The Morgan fingerprint density at radius 3 is 1.69 bits per heavy atom. The molecule has 0 heterocycles. The Morgan fingerprint density at radius 2 is 1.22 bits per heavy atom. The van der Waals surface area contributed by atoms with Crippen molar-refractivity contribution in [3.8, 4) is 0 Å². The summed E-state index contributed by atoms with van der Waals surface area (Å²) in [6.45, 7) is 23.5. The Balaban J connectivity index is 5.15. The molecular formula is C30H50O6. The maximum Gasteiger partial charge on any atom is 0.333 e. The molecule has 0 atom stereocenters. The zero-order valence-electron chi connectivity index (χ0n) is 23.4. The van der Waals surface area contributed by atoms with E-state index in [0.29, 0.717) is 17.9 Å². The molecule has 36 heavy (non-hydrogen) atoms. The molecule has 0 spiro atoms. The maximum absolute atomic E-state index is 12.4. The highest BCUT2D eigenvalue weighted by Gasteiger charge is 2.32. The molecule has 6 nitrogen and oxygen atoms in total. The summed E-state index contributed by atoms with van der Waals surface area (Å²) in [7, 11) is 0. The van der Waals surface area contributed by atoms with Gasteiger partial charge in [0.15, 0.2) is 6.79 Å². The van der Waals surface area contributed by atoms with E-state index in [1.165, 1.54) is 11.1 Å². The van der Waals surface area contributed by atoms with E-state index in [1.54, 1.807) is 13.8 Å². The summed E-state index contributed by atoms with van der Waals surface area (Å²) in [6.07, 6.45) is 10.2. The molecule has 0 saturated carbocycles. The third kappa shape index (κ3) is 18.9. The summed E-state index contributed by atoms with van der Waals surface area (Å²) >= 11 is 0. The van der Waals surface area contributed by atoms with Gasteiger partial charge in [-0.2, -0.15) is 0 Å². The lowest BCUT2D eigenvalue weighted by atomic mass is 9.79. The van der Waals surface area contributed by atoms with Crippen LogP contribution in [-0.4, -0.2) is 38.6 Å². The van der Waals surface area contributed by atoms with Gasteiger partial charge in [-0.3, -0.25) is 4.79 Å². The van der Waals surface area contributed by atoms with Gasteiger partial charge in [-0.25, -0.2) is 4.79 Å². The van der Waals surface area contributed by atoms with Crippen molar-refractivity contribution in [1.29, 1.82) is 0 Å². The Hall–Kier alpha value is -2.34. The second kappa shape index (κ2) is 19.8. The molecular weight excluding hydrogens is 456 g/mol. The van der Waals surface area contributed by atoms with Gasteiger partial charge < -0.3 is 18.9 Å². The van der Waals surface area contributed by atoms with Crippen LogP contribution in [0.4, 0.5) is 0 Å². The number of allylic oxidation sites excluding steroid dienone is 3. The van der Waals surface area contributed by atoms with Crippen LogP contribution in [0.25, 0.3) is 0 Å². The summed E-state index contributed by atoms with van der Waals surface area (Å²) in [5.74, 6) is -0.305. The number of rotatable bonds is 23. The Kier molecular flexibility index (Phi) is 18.5. The molecule has 0 bridgehead atoms. The van der Waals surface area contributed by atoms with Crippen molar-refractivity contribution in [2.75, 3.05) is 26.6 Å². The SMILES string of the molecule is C=C(C)CCCCCC(CCCCCC(=C)C)(COCOC(=C)C)COC(=O)CCOC(=O)C(=C)C. The molecule has 206 valence electrons. The molecule has 0 saturated heterocycles. The first kappa shape index (κ1) is 33.7. The molecule has 0 fully saturated rings. The number of hydrogen-bond donors (Lipinski definition) is 0. The van der Waals surface area contributed by atoms with Crippen molar-refractivity contribution in [1.82, 2.24) is 0 Å². The van der Waals surface area contributed by atoms with Gasteiger partial charge in [0.05, 0.1) is 25.4 Å². The normalized spacial score (nSPS) is 11.0. The molecule has 6 heteroatoms. The van der Waals surface area contributed by atoms with Crippen LogP contribution in [0.5, 0.6) is 0 Å². The van der Waals surface area contributed by atoms with Crippen LogP contribution in [0, 0.1) is 5.41 Å². The summed E-state index contributed by atoms with van der Waals surface area (Å²) in [4.78, 5) is 24.0. The van der Waals surface area contributed by atoms with E-state index in [4.69, 9.17) is 18.9 Å². The first-order chi connectivity index (χ1) is 17.0. The van der Waals surface area contributed by atoms with E-state index in [2.05, 4.69) is 40.2 Å². The van der Waals surface area contributed by atoms with Crippen LogP contribution >= 0.6 is 0 Å².